The summed E-state index contributed by atoms with van der Waals surface area (Å²) in [4.78, 5) is 17.5. The summed E-state index contributed by atoms with van der Waals surface area (Å²) in [5, 5.41) is 12.5. The van der Waals surface area contributed by atoms with Gasteiger partial charge in [0.25, 0.3) is 0 Å². The first kappa shape index (κ1) is 16.2. The highest BCUT2D eigenvalue weighted by Gasteiger charge is 2.24. The Morgan fingerprint density at radius 2 is 2.16 bits per heavy atom. The number of carbonyl (C=O) groups excluding carboxylic acids is 1. The standard InChI is InChI=1S/C12H17Cl2N3O2/c1-12(2,7-18)17(3)6-10(19)16-11-9(14)4-8(13)5-15-11/h4-5,18H,6-7H2,1-3H3,(H,15,16,19). The van der Waals surface area contributed by atoms with Gasteiger partial charge < -0.3 is 10.4 Å². The minimum Gasteiger partial charge on any atom is -0.394 e. The summed E-state index contributed by atoms with van der Waals surface area (Å²) in [7, 11) is 1.76. The number of aliphatic hydroxyl groups excluding tert-OH is 1. The molecule has 0 aliphatic rings. The Morgan fingerprint density at radius 3 is 2.68 bits per heavy atom. The molecule has 1 aromatic heterocycles. The number of aromatic nitrogens is 1. The number of hydrogen-bond acceptors (Lipinski definition) is 4. The van der Waals surface area contributed by atoms with Gasteiger partial charge in [0.05, 0.1) is 23.2 Å². The summed E-state index contributed by atoms with van der Waals surface area (Å²) in [6, 6.07) is 1.51. The first-order valence-corrected chi connectivity index (χ1v) is 6.45. The quantitative estimate of drug-likeness (QED) is 0.873. The molecule has 5 nitrogen and oxygen atoms in total. The van der Waals surface area contributed by atoms with Crippen LogP contribution in [-0.4, -0.2) is 46.6 Å². The van der Waals surface area contributed by atoms with Crippen molar-refractivity contribution in [3.63, 3.8) is 0 Å². The summed E-state index contributed by atoms with van der Waals surface area (Å²) in [5.41, 5.74) is -0.478. The molecule has 0 unspecified atom stereocenters. The molecule has 1 aromatic rings. The molecule has 0 fully saturated rings. The van der Waals surface area contributed by atoms with Crippen LogP contribution in [0.3, 0.4) is 0 Å². The van der Waals surface area contributed by atoms with E-state index in [1.807, 2.05) is 13.8 Å². The predicted octanol–water partition coefficient (Wildman–Crippen LogP) is 2.03. The summed E-state index contributed by atoms with van der Waals surface area (Å²) < 4.78 is 0. The van der Waals surface area contributed by atoms with Crippen molar-refractivity contribution in [2.24, 2.45) is 0 Å². The number of halogens is 2. The highest BCUT2D eigenvalue weighted by molar-refractivity contribution is 6.36. The van der Waals surface area contributed by atoms with E-state index in [4.69, 9.17) is 23.2 Å². The van der Waals surface area contributed by atoms with Crippen molar-refractivity contribution in [1.29, 1.82) is 0 Å². The van der Waals surface area contributed by atoms with E-state index in [1.165, 1.54) is 12.3 Å². The number of carbonyl (C=O) groups is 1. The fourth-order valence-electron chi connectivity index (χ4n) is 1.23. The van der Waals surface area contributed by atoms with Crippen LogP contribution in [0.1, 0.15) is 13.8 Å². The van der Waals surface area contributed by atoms with Gasteiger partial charge >= 0.3 is 0 Å². The maximum atomic E-state index is 11.9. The fourth-order valence-corrected chi connectivity index (χ4v) is 1.66. The highest BCUT2D eigenvalue weighted by Crippen LogP contribution is 2.22. The molecule has 0 radical (unpaired) electrons. The first-order chi connectivity index (χ1) is 8.76. The average molecular weight is 306 g/mol. The van der Waals surface area contributed by atoms with Crippen molar-refractivity contribution >= 4 is 34.9 Å². The maximum Gasteiger partial charge on any atom is 0.239 e. The van der Waals surface area contributed by atoms with Gasteiger partial charge in [-0.15, -0.1) is 0 Å². The zero-order chi connectivity index (χ0) is 14.6. The van der Waals surface area contributed by atoms with Crippen molar-refractivity contribution in [1.82, 2.24) is 9.88 Å². The van der Waals surface area contributed by atoms with E-state index in [9.17, 15) is 9.90 Å². The Morgan fingerprint density at radius 1 is 1.53 bits per heavy atom. The topological polar surface area (TPSA) is 65.5 Å². The molecule has 19 heavy (non-hydrogen) atoms. The second kappa shape index (κ2) is 6.52. The van der Waals surface area contributed by atoms with E-state index < -0.39 is 5.54 Å². The lowest BCUT2D eigenvalue weighted by Crippen LogP contribution is -2.47. The number of hydrogen-bond donors (Lipinski definition) is 2. The minimum atomic E-state index is -0.478. The smallest absolute Gasteiger partial charge is 0.239 e. The van der Waals surface area contributed by atoms with E-state index in [-0.39, 0.29) is 29.9 Å². The molecule has 0 aliphatic heterocycles. The van der Waals surface area contributed by atoms with Gasteiger partial charge in [0.2, 0.25) is 5.91 Å². The second-order valence-electron chi connectivity index (χ2n) is 4.86. The largest absolute Gasteiger partial charge is 0.394 e. The normalized spacial score (nSPS) is 11.7. The van der Waals surface area contributed by atoms with Crippen molar-refractivity contribution in [3.05, 3.63) is 22.3 Å². The van der Waals surface area contributed by atoms with Gasteiger partial charge in [0.15, 0.2) is 5.82 Å². The van der Waals surface area contributed by atoms with Gasteiger partial charge in [-0.05, 0) is 27.0 Å². The fraction of sp³-hybridized carbons (Fsp3) is 0.500. The number of amides is 1. The highest BCUT2D eigenvalue weighted by atomic mass is 35.5. The number of likely N-dealkylation sites (N-methyl/N-ethyl adjacent to an activating group) is 1. The average Bonchev–Trinajstić information content (AvgIpc) is 2.32. The number of pyridine rings is 1. The lowest BCUT2D eigenvalue weighted by Gasteiger charge is -2.33. The molecule has 0 saturated heterocycles. The summed E-state index contributed by atoms with van der Waals surface area (Å²) in [6.45, 7) is 3.76. The Labute approximate surface area is 122 Å². The Kier molecular flexibility index (Phi) is 5.55. The molecule has 0 aliphatic carbocycles. The molecule has 0 saturated carbocycles. The van der Waals surface area contributed by atoms with Gasteiger partial charge in [0.1, 0.15) is 0 Å². The Hall–Kier alpha value is -0.880. The van der Waals surface area contributed by atoms with Crippen LogP contribution in [0.25, 0.3) is 0 Å². The van der Waals surface area contributed by atoms with Crippen molar-refractivity contribution in [2.75, 3.05) is 25.5 Å². The lowest BCUT2D eigenvalue weighted by molar-refractivity contribution is -0.118. The van der Waals surface area contributed by atoms with Crippen LogP contribution in [0.2, 0.25) is 10.0 Å². The van der Waals surface area contributed by atoms with E-state index in [2.05, 4.69) is 10.3 Å². The van der Waals surface area contributed by atoms with Gasteiger partial charge in [-0.3, -0.25) is 9.69 Å². The molecule has 0 aromatic carbocycles. The minimum absolute atomic E-state index is 0.0449. The maximum absolute atomic E-state index is 11.9. The van der Waals surface area contributed by atoms with Gasteiger partial charge in [-0.1, -0.05) is 23.2 Å². The number of aliphatic hydroxyl groups is 1. The van der Waals surface area contributed by atoms with Crippen molar-refractivity contribution in [3.8, 4) is 0 Å². The Balaban J connectivity index is 2.65. The SMILES string of the molecule is CN(CC(=O)Nc1ncc(Cl)cc1Cl)C(C)(C)CO. The number of rotatable bonds is 5. The molecule has 7 heteroatoms. The number of anilines is 1. The van der Waals surface area contributed by atoms with Crippen LogP contribution in [0.5, 0.6) is 0 Å². The zero-order valence-electron chi connectivity index (χ0n) is 11.1. The lowest BCUT2D eigenvalue weighted by atomic mass is 10.1. The summed E-state index contributed by atoms with van der Waals surface area (Å²) in [6.07, 6.45) is 1.41. The second-order valence-corrected chi connectivity index (χ2v) is 5.70. The van der Waals surface area contributed by atoms with E-state index in [0.717, 1.165) is 0 Å². The van der Waals surface area contributed by atoms with Crippen LogP contribution < -0.4 is 5.32 Å². The third-order valence-electron chi connectivity index (χ3n) is 2.87. The van der Waals surface area contributed by atoms with Crippen LogP contribution in [-0.2, 0) is 4.79 Å². The van der Waals surface area contributed by atoms with E-state index >= 15 is 0 Å². The van der Waals surface area contributed by atoms with Crippen LogP contribution in [0.15, 0.2) is 12.3 Å². The summed E-state index contributed by atoms with van der Waals surface area (Å²) >= 11 is 11.6. The first-order valence-electron chi connectivity index (χ1n) is 5.69. The zero-order valence-corrected chi connectivity index (χ0v) is 12.6. The number of nitrogens with one attached hydrogen (secondary N) is 1. The van der Waals surface area contributed by atoms with E-state index in [1.54, 1.807) is 11.9 Å². The van der Waals surface area contributed by atoms with Crippen LogP contribution >= 0.6 is 23.2 Å². The number of nitrogens with zero attached hydrogens (tertiary/aromatic N) is 2. The molecule has 1 rings (SSSR count). The predicted molar refractivity (Wildman–Crippen MR) is 76.7 cm³/mol. The molecule has 0 spiro atoms. The third kappa shape index (κ3) is 4.62. The van der Waals surface area contributed by atoms with E-state index in [0.29, 0.717) is 5.02 Å². The Bertz CT molecular complexity index is 466. The van der Waals surface area contributed by atoms with Crippen LogP contribution in [0, 0.1) is 0 Å². The molecule has 1 amide bonds. The van der Waals surface area contributed by atoms with Gasteiger partial charge in [-0.2, -0.15) is 0 Å². The van der Waals surface area contributed by atoms with Crippen LogP contribution in [0.4, 0.5) is 5.82 Å². The molecule has 2 N–H and O–H groups in total. The summed E-state index contributed by atoms with van der Waals surface area (Å²) in [5.74, 6) is 0.00650. The molecule has 106 valence electrons. The van der Waals surface area contributed by atoms with Crippen molar-refractivity contribution < 1.29 is 9.90 Å². The monoisotopic (exact) mass is 305 g/mol. The molecule has 0 atom stereocenters. The molecule has 0 bridgehead atoms. The van der Waals surface area contributed by atoms with Gasteiger partial charge in [0, 0.05) is 11.7 Å². The molecular weight excluding hydrogens is 289 g/mol. The van der Waals surface area contributed by atoms with Gasteiger partial charge in [-0.25, -0.2) is 4.98 Å². The third-order valence-corrected chi connectivity index (χ3v) is 3.36. The molecular formula is C12H17Cl2N3O2. The van der Waals surface area contributed by atoms with Crippen molar-refractivity contribution in [2.45, 2.75) is 19.4 Å². The molecule has 1 heterocycles.